The van der Waals surface area contributed by atoms with Crippen LogP contribution in [0.15, 0.2) is 47.3 Å². The molecule has 0 spiro atoms. The Balaban J connectivity index is 1.93. The fourth-order valence-electron chi connectivity index (χ4n) is 1.98. The van der Waals surface area contributed by atoms with Crippen LogP contribution in [0.4, 0.5) is 0 Å². The van der Waals surface area contributed by atoms with Crippen LogP contribution >= 0.6 is 15.9 Å². The lowest BCUT2D eigenvalue weighted by molar-refractivity contribution is 0.414. The van der Waals surface area contributed by atoms with Crippen molar-refractivity contribution >= 4 is 21.7 Å². The van der Waals surface area contributed by atoms with Crippen molar-refractivity contribution in [3.05, 3.63) is 58.6 Å². The predicted molar refractivity (Wildman–Crippen MR) is 76.5 cm³/mol. The summed E-state index contributed by atoms with van der Waals surface area (Å²) in [7, 11) is 1.67. The van der Waals surface area contributed by atoms with E-state index in [9.17, 15) is 0 Å². The Morgan fingerprint density at radius 3 is 2.63 bits per heavy atom. The topological polar surface area (TPSA) is 39.4 Å². The van der Waals surface area contributed by atoms with Crippen LogP contribution in [0.3, 0.4) is 0 Å². The zero-order valence-electron chi connectivity index (χ0n) is 10.4. The van der Waals surface area contributed by atoms with Gasteiger partial charge in [0.1, 0.15) is 5.75 Å². The van der Waals surface area contributed by atoms with Gasteiger partial charge in [-0.2, -0.15) is 0 Å². The molecule has 0 fully saturated rings. The number of rotatable bonds is 3. The fraction of sp³-hybridized carbons (Fsp3) is 0.143. The summed E-state index contributed by atoms with van der Waals surface area (Å²) in [5.41, 5.74) is 2.32. The number of benzene rings is 1. The van der Waals surface area contributed by atoms with Crippen molar-refractivity contribution in [3.8, 4) is 5.75 Å². The Morgan fingerprint density at radius 2 is 1.89 bits per heavy atom. The van der Waals surface area contributed by atoms with Crippen LogP contribution in [0.5, 0.6) is 5.75 Å². The van der Waals surface area contributed by atoms with Gasteiger partial charge in [-0.3, -0.25) is 4.40 Å². The second-order valence-electron chi connectivity index (χ2n) is 4.22. The van der Waals surface area contributed by atoms with Crippen LogP contribution in [-0.2, 0) is 6.42 Å². The molecule has 4 nitrogen and oxygen atoms in total. The minimum Gasteiger partial charge on any atom is -0.497 e. The third-order valence-corrected chi connectivity index (χ3v) is 3.36. The van der Waals surface area contributed by atoms with Gasteiger partial charge < -0.3 is 4.74 Å². The lowest BCUT2D eigenvalue weighted by Gasteiger charge is -2.04. The third-order valence-electron chi connectivity index (χ3n) is 2.95. The molecule has 1 aromatic carbocycles. The maximum atomic E-state index is 5.16. The van der Waals surface area contributed by atoms with Crippen LogP contribution in [0.1, 0.15) is 11.3 Å². The molecule has 0 aliphatic heterocycles. The first-order valence-electron chi connectivity index (χ1n) is 5.86. The van der Waals surface area contributed by atoms with E-state index in [0.717, 1.165) is 22.3 Å². The molecule has 0 N–H and O–H groups in total. The molecule has 3 rings (SSSR count). The first-order chi connectivity index (χ1) is 9.26. The summed E-state index contributed by atoms with van der Waals surface area (Å²) >= 11 is 3.43. The number of aromatic nitrogens is 3. The Morgan fingerprint density at radius 1 is 1.16 bits per heavy atom. The number of halogens is 1. The Bertz CT molecular complexity index is 706. The quantitative estimate of drug-likeness (QED) is 0.745. The van der Waals surface area contributed by atoms with Crippen LogP contribution in [0.2, 0.25) is 0 Å². The molecule has 0 radical (unpaired) electrons. The number of methoxy groups -OCH3 is 1. The first-order valence-corrected chi connectivity index (χ1v) is 6.66. The second-order valence-corrected chi connectivity index (χ2v) is 5.13. The molecule has 19 heavy (non-hydrogen) atoms. The molecule has 0 amide bonds. The lowest BCUT2D eigenvalue weighted by Crippen LogP contribution is -1.96. The van der Waals surface area contributed by atoms with Gasteiger partial charge in [0.2, 0.25) is 5.78 Å². The summed E-state index contributed by atoms with van der Waals surface area (Å²) in [6.07, 6.45) is 6.40. The fourth-order valence-corrected chi connectivity index (χ4v) is 2.29. The lowest BCUT2D eigenvalue weighted by atomic mass is 10.1. The van der Waals surface area contributed by atoms with Gasteiger partial charge in [0.15, 0.2) is 0 Å². The Labute approximate surface area is 119 Å². The molecule has 0 unspecified atom stereocenters. The molecule has 2 heterocycles. The number of fused-ring (bicyclic) bond motifs is 1. The average molecular weight is 318 g/mol. The van der Waals surface area contributed by atoms with Crippen LogP contribution < -0.4 is 4.74 Å². The average Bonchev–Trinajstić information content (AvgIpc) is 2.82. The number of hydrogen-bond donors (Lipinski definition) is 0. The van der Waals surface area contributed by atoms with E-state index in [4.69, 9.17) is 4.74 Å². The molecule has 96 valence electrons. The third kappa shape index (κ3) is 2.46. The van der Waals surface area contributed by atoms with E-state index in [0.29, 0.717) is 5.78 Å². The molecule has 0 bridgehead atoms. The van der Waals surface area contributed by atoms with Crippen molar-refractivity contribution in [1.29, 1.82) is 0 Å². The van der Waals surface area contributed by atoms with Gasteiger partial charge in [-0.25, -0.2) is 9.97 Å². The highest BCUT2D eigenvalue weighted by atomic mass is 79.9. The number of ether oxygens (including phenoxy) is 1. The summed E-state index contributed by atoms with van der Waals surface area (Å²) < 4.78 is 8.09. The van der Waals surface area contributed by atoms with Crippen LogP contribution in [0, 0.1) is 0 Å². The highest BCUT2D eigenvalue weighted by Gasteiger charge is 2.05. The maximum Gasteiger partial charge on any atom is 0.233 e. The smallest absolute Gasteiger partial charge is 0.233 e. The second kappa shape index (κ2) is 5.01. The molecule has 3 aromatic rings. The largest absolute Gasteiger partial charge is 0.497 e. The standard InChI is InChI=1S/C14H12BrN3O/c1-19-13-4-2-10(3-5-13)6-12-8-17-14-16-7-11(15)9-18(12)14/h2-5,7-9H,6H2,1H3. The van der Waals surface area contributed by atoms with Crippen molar-refractivity contribution in [2.45, 2.75) is 6.42 Å². The van der Waals surface area contributed by atoms with Gasteiger partial charge in [0.05, 0.1) is 17.8 Å². The van der Waals surface area contributed by atoms with E-state index >= 15 is 0 Å². The first kappa shape index (κ1) is 12.2. The number of nitrogens with zero attached hydrogens (tertiary/aromatic N) is 3. The van der Waals surface area contributed by atoms with Crippen molar-refractivity contribution < 1.29 is 4.74 Å². The molecule has 0 saturated heterocycles. The molecule has 0 saturated carbocycles. The zero-order chi connectivity index (χ0) is 13.2. The number of hydrogen-bond acceptors (Lipinski definition) is 3. The summed E-state index contributed by atoms with van der Waals surface area (Å²) in [6, 6.07) is 8.05. The Hall–Kier alpha value is -1.88. The van der Waals surface area contributed by atoms with Crippen LogP contribution in [0.25, 0.3) is 5.78 Å². The maximum absolute atomic E-state index is 5.16. The molecule has 2 aromatic heterocycles. The summed E-state index contributed by atoms with van der Waals surface area (Å²) in [4.78, 5) is 8.55. The van der Waals surface area contributed by atoms with Crippen molar-refractivity contribution in [2.24, 2.45) is 0 Å². The van der Waals surface area contributed by atoms with Crippen molar-refractivity contribution in [1.82, 2.24) is 14.4 Å². The molecule has 0 aliphatic rings. The molecule has 0 atom stereocenters. The molecular formula is C14H12BrN3O. The normalized spacial score (nSPS) is 10.8. The summed E-state index contributed by atoms with van der Waals surface area (Å²) in [6.45, 7) is 0. The van der Waals surface area contributed by atoms with Crippen LogP contribution in [-0.4, -0.2) is 21.5 Å². The van der Waals surface area contributed by atoms with Crippen molar-refractivity contribution in [3.63, 3.8) is 0 Å². The van der Waals surface area contributed by atoms with Gasteiger partial charge in [-0.1, -0.05) is 12.1 Å². The van der Waals surface area contributed by atoms with Gasteiger partial charge in [0, 0.05) is 24.5 Å². The van der Waals surface area contributed by atoms with Crippen molar-refractivity contribution in [2.75, 3.05) is 7.11 Å². The Kier molecular flexibility index (Phi) is 3.21. The van der Waals surface area contributed by atoms with E-state index in [1.165, 1.54) is 5.56 Å². The zero-order valence-corrected chi connectivity index (χ0v) is 12.0. The van der Waals surface area contributed by atoms with E-state index in [1.54, 1.807) is 13.3 Å². The molecular weight excluding hydrogens is 306 g/mol. The predicted octanol–water partition coefficient (Wildman–Crippen LogP) is 3.09. The number of imidazole rings is 1. The highest BCUT2D eigenvalue weighted by molar-refractivity contribution is 9.10. The summed E-state index contributed by atoms with van der Waals surface area (Å²) in [5, 5.41) is 0. The highest BCUT2D eigenvalue weighted by Crippen LogP contribution is 2.16. The van der Waals surface area contributed by atoms with E-state index in [2.05, 4.69) is 38.0 Å². The summed E-state index contributed by atoms with van der Waals surface area (Å²) in [5.74, 6) is 1.58. The molecule has 5 heteroatoms. The molecule has 0 aliphatic carbocycles. The SMILES string of the molecule is COc1ccc(Cc2cnc3ncc(Br)cn23)cc1. The van der Waals surface area contributed by atoms with E-state index in [-0.39, 0.29) is 0 Å². The minimum atomic E-state index is 0.715. The van der Waals surface area contributed by atoms with Gasteiger partial charge in [0.25, 0.3) is 0 Å². The minimum absolute atomic E-state index is 0.715. The van der Waals surface area contributed by atoms with Gasteiger partial charge in [-0.05, 0) is 33.6 Å². The monoisotopic (exact) mass is 317 g/mol. The van der Waals surface area contributed by atoms with E-state index < -0.39 is 0 Å². The van der Waals surface area contributed by atoms with Gasteiger partial charge in [-0.15, -0.1) is 0 Å². The van der Waals surface area contributed by atoms with E-state index in [1.807, 2.05) is 28.9 Å². The van der Waals surface area contributed by atoms with Gasteiger partial charge >= 0.3 is 0 Å².